The fraction of sp³-hybridized carbons (Fsp3) is 0.500. The van der Waals surface area contributed by atoms with E-state index in [0.29, 0.717) is 0 Å². The number of amides is 1. The molecule has 0 aromatic heterocycles. The number of carbonyl (C=O) groups excluding carboxylic acids is 1. The Morgan fingerprint density at radius 3 is 2.43 bits per heavy atom. The van der Waals surface area contributed by atoms with E-state index in [-0.39, 0.29) is 30.4 Å². The van der Waals surface area contributed by atoms with Crippen LogP contribution in [0.4, 0.5) is 0 Å². The quantitative estimate of drug-likeness (QED) is 0.860. The van der Waals surface area contributed by atoms with Gasteiger partial charge in [-0.25, -0.2) is 8.42 Å². The van der Waals surface area contributed by atoms with E-state index >= 15 is 0 Å². The molecule has 1 aliphatic heterocycles. The maximum atomic E-state index is 12.2. The van der Waals surface area contributed by atoms with Crippen molar-refractivity contribution >= 4 is 15.7 Å². The van der Waals surface area contributed by atoms with E-state index in [4.69, 9.17) is 4.74 Å². The molecule has 1 heterocycles. The van der Waals surface area contributed by atoms with Crippen LogP contribution in [0.2, 0.25) is 0 Å². The highest BCUT2D eigenvalue weighted by molar-refractivity contribution is 7.90. The molecule has 1 fully saturated rings. The molecule has 0 aliphatic carbocycles. The molecule has 1 aromatic rings. The van der Waals surface area contributed by atoms with Gasteiger partial charge in [-0.1, -0.05) is 12.1 Å². The van der Waals surface area contributed by atoms with Crippen LogP contribution < -0.4 is 10.1 Å². The molecular weight excluding hydrogens is 292 g/mol. The lowest BCUT2D eigenvalue weighted by Gasteiger charge is -2.24. The third-order valence-electron chi connectivity index (χ3n) is 3.51. The van der Waals surface area contributed by atoms with Gasteiger partial charge < -0.3 is 9.64 Å². The summed E-state index contributed by atoms with van der Waals surface area (Å²) in [6, 6.07) is 7.06. The minimum Gasteiger partial charge on any atom is -0.497 e. The predicted molar refractivity (Wildman–Crippen MR) is 79.8 cm³/mol. The molecule has 0 radical (unpaired) electrons. The zero-order chi connectivity index (χ0) is 15.6. The average molecular weight is 312 g/mol. The third kappa shape index (κ3) is 3.74. The molecule has 0 bridgehead atoms. The molecule has 2 rings (SSSR count). The Morgan fingerprint density at radius 1 is 1.29 bits per heavy atom. The van der Waals surface area contributed by atoms with Gasteiger partial charge in [0, 0.05) is 12.8 Å². The maximum absolute atomic E-state index is 12.2. The van der Waals surface area contributed by atoms with Gasteiger partial charge in [0.1, 0.15) is 21.8 Å². The summed E-state index contributed by atoms with van der Waals surface area (Å²) in [6.45, 7) is 1.96. The SMILES string of the molecule is COc1ccc(C2NC(C)C(=O)N2CCS(C)(=O)=O)cc1. The van der Waals surface area contributed by atoms with Crippen molar-refractivity contribution in [3.05, 3.63) is 29.8 Å². The molecule has 1 N–H and O–H groups in total. The number of methoxy groups -OCH3 is 1. The third-order valence-corrected chi connectivity index (χ3v) is 4.43. The molecule has 1 amide bonds. The highest BCUT2D eigenvalue weighted by Crippen LogP contribution is 2.26. The molecule has 0 spiro atoms. The van der Waals surface area contributed by atoms with E-state index in [9.17, 15) is 13.2 Å². The van der Waals surface area contributed by atoms with Crippen molar-refractivity contribution in [2.45, 2.75) is 19.1 Å². The highest BCUT2D eigenvalue weighted by atomic mass is 32.2. The number of nitrogens with one attached hydrogen (secondary N) is 1. The van der Waals surface area contributed by atoms with Crippen LogP contribution in [0.5, 0.6) is 5.75 Å². The van der Waals surface area contributed by atoms with Crippen LogP contribution in [-0.2, 0) is 14.6 Å². The molecular formula is C14H20N2O4S. The largest absolute Gasteiger partial charge is 0.497 e. The van der Waals surface area contributed by atoms with Crippen LogP contribution in [0.1, 0.15) is 18.7 Å². The van der Waals surface area contributed by atoms with Crippen LogP contribution in [0.3, 0.4) is 0 Å². The summed E-state index contributed by atoms with van der Waals surface area (Å²) in [5.74, 6) is 0.609. The summed E-state index contributed by atoms with van der Waals surface area (Å²) in [7, 11) is -1.52. The minimum absolute atomic E-state index is 0.0419. The van der Waals surface area contributed by atoms with Gasteiger partial charge in [0.05, 0.1) is 18.9 Å². The van der Waals surface area contributed by atoms with Gasteiger partial charge >= 0.3 is 0 Å². The second kappa shape index (κ2) is 6.03. The smallest absolute Gasteiger partial charge is 0.241 e. The van der Waals surface area contributed by atoms with Crippen molar-refractivity contribution in [2.75, 3.05) is 25.7 Å². The Labute approximate surface area is 125 Å². The summed E-state index contributed by atoms with van der Waals surface area (Å²) in [5, 5.41) is 3.18. The van der Waals surface area contributed by atoms with Gasteiger partial charge in [-0.3, -0.25) is 10.1 Å². The predicted octanol–water partition coefficient (Wildman–Crippen LogP) is 0.559. The van der Waals surface area contributed by atoms with Gasteiger partial charge in [-0.15, -0.1) is 0 Å². The van der Waals surface area contributed by atoms with Crippen molar-refractivity contribution in [1.29, 1.82) is 0 Å². The van der Waals surface area contributed by atoms with Crippen LogP contribution in [-0.4, -0.2) is 50.9 Å². The molecule has 1 aliphatic rings. The number of ether oxygens (including phenoxy) is 1. The number of benzene rings is 1. The number of rotatable bonds is 5. The van der Waals surface area contributed by atoms with E-state index in [1.807, 2.05) is 24.3 Å². The van der Waals surface area contributed by atoms with Crippen LogP contribution >= 0.6 is 0 Å². The fourth-order valence-electron chi connectivity index (χ4n) is 2.34. The summed E-state index contributed by atoms with van der Waals surface area (Å²) in [5.41, 5.74) is 0.905. The van der Waals surface area contributed by atoms with Crippen molar-refractivity contribution in [3.63, 3.8) is 0 Å². The Hall–Kier alpha value is -1.60. The highest BCUT2D eigenvalue weighted by Gasteiger charge is 2.37. The maximum Gasteiger partial charge on any atom is 0.241 e. The summed E-state index contributed by atoms with van der Waals surface area (Å²) < 4.78 is 27.8. The number of sulfone groups is 1. The topological polar surface area (TPSA) is 75.7 Å². The van der Waals surface area contributed by atoms with Gasteiger partial charge in [0.15, 0.2) is 0 Å². The standard InChI is InChI=1S/C14H20N2O4S/c1-10-14(17)16(8-9-21(3,18)19)13(15-10)11-4-6-12(20-2)7-5-11/h4-7,10,13,15H,8-9H2,1-3H3. The lowest BCUT2D eigenvalue weighted by Crippen LogP contribution is -2.34. The molecule has 116 valence electrons. The van der Waals surface area contributed by atoms with Crippen molar-refractivity contribution < 1.29 is 17.9 Å². The molecule has 21 heavy (non-hydrogen) atoms. The van der Waals surface area contributed by atoms with Gasteiger partial charge in [0.2, 0.25) is 5.91 Å². The fourth-order valence-corrected chi connectivity index (χ4v) is 2.87. The summed E-state index contributed by atoms with van der Waals surface area (Å²) in [4.78, 5) is 13.7. The molecule has 0 saturated carbocycles. The zero-order valence-electron chi connectivity index (χ0n) is 12.4. The number of hydrogen-bond donors (Lipinski definition) is 1. The Bertz CT molecular complexity index is 612. The second-order valence-corrected chi connectivity index (χ2v) is 7.49. The van der Waals surface area contributed by atoms with Crippen LogP contribution in [0.25, 0.3) is 0 Å². The molecule has 2 unspecified atom stereocenters. The first kappa shape index (κ1) is 15.8. The van der Waals surface area contributed by atoms with E-state index in [1.54, 1.807) is 18.9 Å². The van der Waals surface area contributed by atoms with Crippen molar-refractivity contribution in [1.82, 2.24) is 10.2 Å². The first-order chi connectivity index (χ1) is 9.81. The molecule has 2 atom stereocenters. The number of carbonyl (C=O) groups is 1. The van der Waals surface area contributed by atoms with Gasteiger partial charge in [-0.2, -0.15) is 0 Å². The number of nitrogens with zero attached hydrogens (tertiary/aromatic N) is 1. The zero-order valence-corrected chi connectivity index (χ0v) is 13.2. The van der Waals surface area contributed by atoms with E-state index < -0.39 is 9.84 Å². The molecule has 1 saturated heterocycles. The molecule has 7 heteroatoms. The van der Waals surface area contributed by atoms with Gasteiger partial charge in [0.25, 0.3) is 0 Å². The van der Waals surface area contributed by atoms with Gasteiger partial charge in [-0.05, 0) is 24.6 Å². The normalized spacial score (nSPS) is 22.6. The Kier molecular flexibility index (Phi) is 4.53. The van der Waals surface area contributed by atoms with Crippen molar-refractivity contribution in [3.8, 4) is 5.75 Å². The van der Waals surface area contributed by atoms with Crippen LogP contribution in [0, 0.1) is 0 Å². The second-order valence-electron chi connectivity index (χ2n) is 5.23. The van der Waals surface area contributed by atoms with E-state index in [2.05, 4.69) is 5.32 Å². The Morgan fingerprint density at radius 2 is 1.90 bits per heavy atom. The first-order valence-electron chi connectivity index (χ1n) is 6.70. The monoisotopic (exact) mass is 312 g/mol. The molecule has 1 aromatic carbocycles. The number of hydrogen-bond acceptors (Lipinski definition) is 5. The van der Waals surface area contributed by atoms with E-state index in [0.717, 1.165) is 11.3 Å². The summed E-state index contributed by atoms with van der Waals surface area (Å²) >= 11 is 0. The average Bonchev–Trinajstić information content (AvgIpc) is 2.72. The van der Waals surface area contributed by atoms with Crippen LogP contribution in [0.15, 0.2) is 24.3 Å². The van der Waals surface area contributed by atoms with E-state index in [1.165, 1.54) is 6.26 Å². The Balaban J connectivity index is 2.20. The first-order valence-corrected chi connectivity index (χ1v) is 8.76. The lowest BCUT2D eigenvalue weighted by atomic mass is 10.1. The minimum atomic E-state index is -3.11. The van der Waals surface area contributed by atoms with Crippen molar-refractivity contribution in [2.24, 2.45) is 0 Å². The molecule has 6 nitrogen and oxygen atoms in total. The lowest BCUT2D eigenvalue weighted by molar-refractivity contribution is -0.129. The summed E-state index contributed by atoms with van der Waals surface area (Å²) in [6.07, 6.45) is 0.868.